The molecule has 0 amide bonds. The highest BCUT2D eigenvalue weighted by molar-refractivity contribution is 5.71. The summed E-state index contributed by atoms with van der Waals surface area (Å²) in [4.78, 5) is 36.8. The van der Waals surface area contributed by atoms with E-state index in [0.717, 1.165) is 70.1 Å². The molecule has 0 bridgehead atoms. The number of unbranched alkanes of at least 4 members (excludes halogenated alkanes) is 15. The summed E-state index contributed by atoms with van der Waals surface area (Å²) in [6, 6.07) is 0. The molecule has 0 aliphatic rings. The van der Waals surface area contributed by atoms with Gasteiger partial charge in [-0.3, -0.25) is 14.4 Å². The number of carbonyl (C=O) groups excluding carboxylic acids is 3. The van der Waals surface area contributed by atoms with Crippen molar-refractivity contribution in [2.24, 2.45) is 5.92 Å². The quantitative estimate of drug-likeness (QED) is 0.0545. The Morgan fingerprint density at radius 2 is 0.846 bits per heavy atom. The molecule has 0 fully saturated rings. The smallest absolute Gasteiger partial charge is 0.306 e. The van der Waals surface area contributed by atoms with Crippen molar-refractivity contribution in [1.29, 1.82) is 0 Å². The Bertz CT molecular complexity index is 589. The normalized spacial score (nSPS) is 11.9. The van der Waals surface area contributed by atoms with Gasteiger partial charge in [0.2, 0.25) is 0 Å². The van der Waals surface area contributed by atoms with E-state index in [2.05, 4.69) is 27.7 Å². The van der Waals surface area contributed by atoms with Crippen LogP contribution < -0.4 is 0 Å². The molecule has 0 aromatic carbocycles. The van der Waals surface area contributed by atoms with Gasteiger partial charge in [-0.05, 0) is 25.2 Å². The predicted octanol–water partition coefficient (Wildman–Crippen LogP) is 9.26. The molecular formula is C33H62O6. The number of hydrogen-bond donors (Lipinski definition) is 0. The minimum absolute atomic E-state index is 0.0689. The van der Waals surface area contributed by atoms with Crippen LogP contribution in [-0.2, 0) is 28.6 Å². The summed E-state index contributed by atoms with van der Waals surface area (Å²) in [5.41, 5.74) is 0. The van der Waals surface area contributed by atoms with E-state index in [4.69, 9.17) is 14.2 Å². The Morgan fingerprint density at radius 1 is 0.487 bits per heavy atom. The first-order valence-corrected chi connectivity index (χ1v) is 16.4. The molecule has 1 atom stereocenters. The van der Waals surface area contributed by atoms with E-state index in [-0.39, 0.29) is 31.1 Å². The topological polar surface area (TPSA) is 78.9 Å². The first-order valence-electron chi connectivity index (χ1n) is 16.4. The highest BCUT2D eigenvalue weighted by Gasteiger charge is 2.19. The molecule has 0 aliphatic carbocycles. The van der Waals surface area contributed by atoms with E-state index in [9.17, 15) is 14.4 Å². The van der Waals surface area contributed by atoms with Crippen LogP contribution in [0.3, 0.4) is 0 Å². The maximum atomic E-state index is 12.4. The zero-order chi connectivity index (χ0) is 29.0. The molecule has 0 rings (SSSR count). The zero-order valence-electron chi connectivity index (χ0n) is 26.1. The van der Waals surface area contributed by atoms with Crippen LogP contribution in [0.25, 0.3) is 0 Å². The number of rotatable bonds is 28. The monoisotopic (exact) mass is 554 g/mol. The van der Waals surface area contributed by atoms with Gasteiger partial charge in [-0.1, -0.05) is 130 Å². The lowest BCUT2D eigenvalue weighted by Gasteiger charge is -2.18. The van der Waals surface area contributed by atoms with E-state index < -0.39 is 6.10 Å². The van der Waals surface area contributed by atoms with Crippen molar-refractivity contribution in [2.45, 2.75) is 175 Å². The van der Waals surface area contributed by atoms with Crippen LogP contribution in [0.2, 0.25) is 0 Å². The average molecular weight is 555 g/mol. The Hall–Kier alpha value is -1.59. The van der Waals surface area contributed by atoms with Crippen LogP contribution in [0.5, 0.6) is 0 Å². The van der Waals surface area contributed by atoms with E-state index in [1.807, 2.05) is 0 Å². The molecule has 0 N–H and O–H groups in total. The Kier molecular flexibility index (Phi) is 26.8. The molecular weight excluding hydrogens is 492 g/mol. The molecule has 0 saturated carbocycles. The van der Waals surface area contributed by atoms with E-state index >= 15 is 0 Å². The van der Waals surface area contributed by atoms with E-state index in [1.54, 1.807) is 0 Å². The molecule has 0 aliphatic heterocycles. The first-order chi connectivity index (χ1) is 18.9. The standard InChI is InChI=1S/C33H62O6/c1-5-7-9-11-12-18-22-26-33(36)39-30(27-37-31(34)24-20-15-10-8-6-2)28-38-32(35)25-21-17-14-13-16-19-23-29(3)4/h29-30H,5-28H2,1-4H3/t30-/m1/s1. The summed E-state index contributed by atoms with van der Waals surface area (Å²) < 4.78 is 16.3. The van der Waals surface area contributed by atoms with Crippen LogP contribution >= 0.6 is 0 Å². The first kappa shape index (κ1) is 37.4. The third-order valence-electron chi connectivity index (χ3n) is 7.04. The Balaban J connectivity index is 4.34. The molecule has 0 unspecified atom stereocenters. The lowest BCUT2D eigenvalue weighted by molar-refractivity contribution is -0.167. The van der Waals surface area contributed by atoms with Crippen molar-refractivity contribution in [3.8, 4) is 0 Å². The molecule has 6 nitrogen and oxygen atoms in total. The second kappa shape index (κ2) is 28.0. The highest BCUT2D eigenvalue weighted by atomic mass is 16.6. The second-order valence-corrected chi connectivity index (χ2v) is 11.6. The van der Waals surface area contributed by atoms with Gasteiger partial charge in [-0.2, -0.15) is 0 Å². The molecule has 0 radical (unpaired) electrons. The minimum atomic E-state index is -0.754. The van der Waals surface area contributed by atoms with Gasteiger partial charge < -0.3 is 14.2 Å². The van der Waals surface area contributed by atoms with Crippen molar-refractivity contribution in [3.63, 3.8) is 0 Å². The van der Waals surface area contributed by atoms with Crippen molar-refractivity contribution in [2.75, 3.05) is 13.2 Å². The maximum Gasteiger partial charge on any atom is 0.306 e. The second-order valence-electron chi connectivity index (χ2n) is 11.6. The van der Waals surface area contributed by atoms with Crippen LogP contribution in [0.4, 0.5) is 0 Å². The van der Waals surface area contributed by atoms with E-state index in [0.29, 0.717) is 19.3 Å². The average Bonchev–Trinajstić information content (AvgIpc) is 2.90. The van der Waals surface area contributed by atoms with Gasteiger partial charge in [0, 0.05) is 19.3 Å². The van der Waals surface area contributed by atoms with Gasteiger partial charge in [0.05, 0.1) is 0 Å². The fraction of sp³-hybridized carbons (Fsp3) is 0.909. The van der Waals surface area contributed by atoms with Gasteiger partial charge in [-0.25, -0.2) is 0 Å². The number of ether oxygens (including phenoxy) is 3. The van der Waals surface area contributed by atoms with Gasteiger partial charge >= 0.3 is 17.9 Å². The number of esters is 3. The van der Waals surface area contributed by atoms with Gasteiger partial charge in [-0.15, -0.1) is 0 Å². The third-order valence-corrected chi connectivity index (χ3v) is 7.04. The fourth-order valence-corrected chi connectivity index (χ4v) is 4.51. The molecule has 0 heterocycles. The number of hydrogen-bond acceptors (Lipinski definition) is 6. The van der Waals surface area contributed by atoms with E-state index in [1.165, 1.54) is 57.8 Å². The SMILES string of the molecule is CCCCCCCCCC(=O)O[C@H](COC(=O)CCCCCCC)COC(=O)CCCCCCCCC(C)C. The van der Waals surface area contributed by atoms with Crippen molar-refractivity contribution in [3.05, 3.63) is 0 Å². The van der Waals surface area contributed by atoms with Crippen LogP contribution in [0.1, 0.15) is 169 Å². The predicted molar refractivity (Wildman–Crippen MR) is 160 cm³/mol. The molecule has 39 heavy (non-hydrogen) atoms. The summed E-state index contributed by atoms with van der Waals surface area (Å²) in [7, 11) is 0. The molecule has 0 aromatic heterocycles. The molecule has 230 valence electrons. The van der Waals surface area contributed by atoms with Crippen LogP contribution in [-0.4, -0.2) is 37.2 Å². The largest absolute Gasteiger partial charge is 0.462 e. The molecule has 0 spiro atoms. The van der Waals surface area contributed by atoms with Gasteiger partial charge in [0.25, 0.3) is 0 Å². The van der Waals surface area contributed by atoms with Gasteiger partial charge in [0.1, 0.15) is 13.2 Å². The van der Waals surface area contributed by atoms with Crippen LogP contribution in [0, 0.1) is 5.92 Å². The zero-order valence-corrected chi connectivity index (χ0v) is 26.1. The van der Waals surface area contributed by atoms with Crippen molar-refractivity contribution < 1.29 is 28.6 Å². The van der Waals surface area contributed by atoms with Crippen molar-refractivity contribution >= 4 is 17.9 Å². The van der Waals surface area contributed by atoms with Gasteiger partial charge in [0.15, 0.2) is 6.10 Å². The summed E-state index contributed by atoms with van der Waals surface area (Å²) >= 11 is 0. The van der Waals surface area contributed by atoms with Crippen molar-refractivity contribution in [1.82, 2.24) is 0 Å². The number of carbonyl (C=O) groups is 3. The maximum absolute atomic E-state index is 12.4. The van der Waals surface area contributed by atoms with Crippen LogP contribution in [0.15, 0.2) is 0 Å². The summed E-state index contributed by atoms with van der Waals surface area (Å²) in [6.07, 6.45) is 21.4. The lowest BCUT2D eigenvalue weighted by atomic mass is 10.0. The Morgan fingerprint density at radius 3 is 1.26 bits per heavy atom. The minimum Gasteiger partial charge on any atom is -0.462 e. The molecule has 6 heteroatoms. The summed E-state index contributed by atoms with van der Waals surface area (Å²) in [5, 5.41) is 0. The molecule has 0 aromatic rings. The molecule has 0 saturated heterocycles. The fourth-order valence-electron chi connectivity index (χ4n) is 4.51. The highest BCUT2D eigenvalue weighted by Crippen LogP contribution is 2.13. The third kappa shape index (κ3) is 27.8. The Labute approximate surface area is 240 Å². The summed E-state index contributed by atoms with van der Waals surface area (Å²) in [5.74, 6) is -0.135. The lowest BCUT2D eigenvalue weighted by Crippen LogP contribution is -2.30. The summed E-state index contributed by atoms with van der Waals surface area (Å²) in [6.45, 7) is 8.73.